The number of phenols is 1. The van der Waals surface area contributed by atoms with Gasteiger partial charge in [-0.05, 0) is 100 Å². The van der Waals surface area contributed by atoms with Crippen LogP contribution in [-0.4, -0.2) is 172 Å². The largest absolute Gasteiger partial charge is 0.508 e. The van der Waals surface area contributed by atoms with Crippen LogP contribution < -0.4 is 21.3 Å². The number of anilines is 1. The van der Waals surface area contributed by atoms with Gasteiger partial charge in [-0.3, -0.25) is 39.0 Å². The number of hydrogen-bond acceptors (Lipinski definition) is 15. The van der Waals surface area contributed by atoms with Crippen molar-refractivity contribution < 1.29 is 47.7 Å². The number of imide groups is 1. The Bertz CT molecular complexity index is 2740. The number of aliphatic imine (C=N–C) groups is 3. The minimum Gasteiger partial charge on any atom is -0.508 e. The number of likely N-dealkylation sites (tertiary alicyclic amines) is 1. The molecule has 4 amide bonds. The third kappa shape index (κ3) is 12.2. The predicted octanol–water partition coefficient (Wildman–Crippen LogP) is 4.60. The van der Waals surface area contributed by atoms with Crippen molar-refractivity contribution in [1.82, 2.24) is 30.7 Å². The number of carbonyl (C=O) groups is 5. The molecule has 6 heterocycles. The van der Waals surface area contributed by atoms with E-state index in [1.54, 1.807) is 12.1 Å². The van der Waals surface area contributed by atoms with E-state index < -0.39 is 35.4 Å². The van der Waals surface area contributed by atoms with E-state index in [1.807, 2.05) is 7.11 Å². The maximum absolute atomic E-state index is 16.0. The van der Waals surface area contributed by atoms with E-state index in [1.165, 1.54) is 82.9 Å². The van der Waals surface area contributed by atoms with Gasteiger partial charge in [0.15, 0.2) is 5.83 Å². The van der Waals surface area contributed by atoms with E-state index in [4.69, 9.17) is 16.3 Å². The highest BCUT2D eigenvalue weighted by molar-refractivity contribution is 6.29. The summed E-state index contributed by atoms with van der Waals surface area (Å²) in [6.07, 6.45) is 16.9. The van der Waals surface area contributed by atoms with E-state index in [-0.39, 0.29) is 52.3 Å². The molecule has 3 aromatic rings. The number of allylic oxidation sites excluding steroid dienone is 2. The number of carbonyl (C=O) groups excluding carboxylic acids is 5. The van der Waals surface area contributed by atoms with Crippen LogP contribution in [0, 0.1) is 18.2 Å². The van der Waals surface area contributed by atoms with Crippen molar-refractivity contribution in [2.75, 3.05) is 73.0 Å². The SMILES string of the molecule is C#Cc1c(F)ccc2cc(O)cc(C3=C(F)C(=NC)/C(=C(\N=C)N4CC5CCC(C4)N5)C=N3)c12.CNC(=O)C(CCC=O)N1C(=O)c2cccc(NCCCNC=O)c2C1=O.CO.COCC1CCC2CCCN21. The summed E-state index contributed by atoms with van der Waals surface area (Å²) in [6, 6.07) is 11.7. The first-order valence-corrected chi connectivity index (χ1v) is 24.7. The van der Waals surface area contributed by atoms with Gasteiger partial charge in [0.2, 0.25) is 12.3 Å². The first kappa shape index (κ1) is 56.1. The van der Waals surface area contributed by atoms with Gasteiger partial charge in [-0.15, -0.1) is 6.42 Å². The van der Waals surface area contributed by atoms with Gasteiger partial charge in [-0.1, -0.05) is 18.1 Å². The standard InChI is InChI=1S/C26H23F2N5O.C18H22N4O5.C9H17NO.CH4O/c1-4-18-21(27)8-5-14-9-17(34)10-19(22(14)18)25-23(28)24(29-2)20(11-31-25)26(30-3)33-12-15-6-7-16(13-33)32-15;1-19-16(25)14(7-3-10-23)22-17(26)12-5-2-6-13(15(12)18(22)27)21-9-4-8-20-11-24;1-11-7-9-5-4-8-3-2-6-10(8)9;1-2/h1,5,8-11,15-16,32,34H,3,6-7,12-13H2,2H3;2,5-6,10-11,14,21H,3-4,7-9H2,1H3,(H,19,25)(H,20,24);8-9H,2-7H2,1H3;2H,1H3/b26-20+,29-24?;;;. The topological polar surface area (TPSA) is 230 Å². The van der Waals surface area contributed by atoms with Crippen molar-refractivity contribution in [3.05, 3.63) is 87.8 Å². The smallest absolute Gasteiger partial charge is 0.264 e. The Morgan fingerprint density at radius 1 is 1.05 bits per heavy atom. The molecule has 18 nitrogen and oxygen atoms in total. The molecule has 2 bridgehead atoms. The molecular formula is C54H66F2N10O8. The Morgan fingerprint density at radius 3 is 2.47 bits per heavy atom. The van der Waals surface area contributed by atoms with Gasteiger partial charge < -0.3 is 45.9 Å². The van der Waals surface area contributed by atoms with Crippen LogP contribution in [0.3, 0.4) is 0 Å². The molecule has 0 saturated carbocycles. The Balaban J connectivity index is 0.000000198. The monoisotopic (exact) mass is 1020 g/mol. The number of methoxy groups -OCH3 is 1. The van der Waals surface area contributed by atoms with Gasteiger partial charge in [0.25, 0.3) is 11.8 Å². The number of aldehydes is 1. The zero-order valence-electron chi connectivity index (χ0n) is 42.3. The lowest BCUT2D eigenvalue weighted by atomic mass is 9.94. The number of amides is 4. The summed E-state index contributed by atoms with van der Waals surface area (Å²) < 4.78 is 35.6. The molecule has 6 aliphatic heterocycles. The van der Waals surface area contributed by atoms with Crippen molar-refractivity contribution >= 4 is 71.2 Å². The minimum absolute atomic E-state index is 0.0240. The number of aromatic hydroxyl groups is 1. The Hall–Kier alpha value is -7.18. The normalized spacial score (nSPS) is 22.1. The molecule has 6 N–H and O–H groups in total. The van der Waals surface area contributed by atoms with Gasteiger partial charge in [-0.2, -0.15) is 0 Å². The van der Waals surface area contributed by atoms with E-state index >= 15 is 4.39 Å². The van der Waals surface area contributed by atoms with E-state index in [2.05, 4.69) is 58.7 Å². The number of nitrogens with one attached hydrogen (secondary N) is 4. The molecule has 4 fully saturated rings. The molecule has 0 aliphatic carbocycles. The van der Waals surface area contributed by atoms with Crippen LogP contribution in [0.2, 0.25) is 0 Å². The average molecular weight is 1020 g/mol. The number of hydrogen-bond donors (Lipinski definition) is 6. The van der Waals surface area contributed by atoms with Gasteiger partial charge in [0.05, 0.1) is 28.9 Å². The second kappa shape index (κ2) is 26.7. The third-order valence-electron chi connectivity index (χ3n) is 13.9. The van der Waals surface area contributed by atoms with Crippen LogP contribution in [0.4, 0.5) is 14.5 Å². The number of terminal acetylenes is 1. The molecule has 4 saturated heterocycles. The summed E-state index contributed by atoms with van der Waals surface area (Å²) >= 11 is 0. The maximum Gasteiger partial charge on any atom is 0.264 e. The van der Waals surface area contributed by atoms with Crippen LogP contribution in [-0.2, 0) is 19.1 Å². The fraction of sp³-hybridized carbons (Fsp3) is 0.444. The second-order valence-corrected chi connectivity index (χ2v) is 18.2. The number of aliphatic hydroxyl groups excluding tert-OH is 1. The fourth-order valence-corrected chi connectivity index (χ4v) is 10.7. The summed E-state index contributed by atoms with van der Waals surface area (Å²) in [5.41, 5.74) is 1.48. The lowest BCUT2D eigenvalue weighted by Gasteiger charge is -2.35. The highest BCUT2D eigenvalue weighted by Crippen LogP contribution is 2.39. The number of likely N-dealkylation sites (N-methyl/N-ethyl adjacent to an activating group) is 1. The summed E-state index contributed by atoms with van der Waals surface area (Å²) in [5, 5.41) is 29.7. The first-order valence-electron chi connectivity index (χ1n) is 24.7. The molecule has 5 unspecified atom stereocenters. The quantitative estimate of drug-likeness (QED) is 0.0381. The number of aliphatic hydroxyl groups is 1. The highest BCUT2D eigenvalue weighted by Gasteiger charge is 2.44. The summed E-state index contributed by atoms with van der Waals surface area (Å²) in [6.45, 7) is 8.42. The van der Waals surface area contributed by atoms with Gasteiger partial charge in [-0.25, -0.2) is 13.8 Å². The Kier molecular flexibility index (Phi) is 20.2. The van der Waals surface area contributed by atoms with Gasteiger partial charge in [0, 0.05) is 108 Å². The zero-order chi connectivity index (χ0) is 53.5. The van der Waals surface area contributed by atoms with Crippen molar-refractivity contribution in [1.29, 1.82) is 0 Å². The molecule has 394 valence electrons. The Morgan fingerprint density at radius 2 is 1.81 bits per heavy atom. The van der Waals surface area contributed by atoms with Crippen molar-refractivity contribution in [3.63, 3.8) is 0 Å². The number of fused-ring (bicyclic) bond motifs is 5. The maximum atomic E-state index is 16.0. The summed E-state index contributed by atoms with van der Waals surface area (Å²) in [4.78, 5) is 77.3. The number of ether oxygens (including phenoxy) is 1. The van der Waals surface area contributed by atoms with E-state index in [0.29, 0.717) is 72.1 Å². The number of benzene rings is 3. The molecule has 5 atom stereocenters. The third-order valence-corrected chi connectivity index (χ3v) is 13.9. The predicted molar refractivity (Wildman–Crippen MR) is 282 cm³/mol. The van der Waals surface area contributed by atoms with Crippen molar-refractivity contribution in [3.8, 4) is 18.1 Å². The zero-order valence-corrected chi connectivity index (χ0v) is 42.3. The Labute approximate surface area is 430 Å². The van der Waals surface area contributed by atoms with Crippen LogP contribution in [0.25, 0.3) is 16.5 Å². The van der Waals surface area contributed by atoms with E-state index in [9.17, 15) is 33.5 Å². The fourth-order valence-electron chi connectivity index (χ4n) is 10.7. The lowest BCUT2D eigenvalue weighted by molar-refractivity contribution is -0.124. The molecule has 9 rings (SSSR count). The van der Waals surface area contributed by atoms with Crippen LogP contribution >= 0.6 is 0 Å². The molecule has 0 spiro atoms. The first-order chi connectivity index (χ1) is 35.9. The molecular weight excluding hydrogens is 955 g/mol. The van der Waals surface area contributed by atoms with Crippen molar-refractivity contribution in [2.45, 2.75) is 88.0 Å². The highest BCUT2D eigenvalue weighted by atomic mass is 19.1. The number of nitrogens with zero attached hydrogens (tertiary/aromatic N) is 6. The summed E-state index contributed by atoms with van der Waals surface area (Å²) in [7, 11) is 5.71. The second-order valence-electron chi connectivity index (χ2n) is 18.2. The van der Waals surface area contributed by atoms with E-state index in [0.717, 1.165) is 56.6 Å². The average Bonchev–Trinajstić information content (AvgIpc) is 4.19. The molecule has 0 radical (unpaired) electrons. The molecule has 6 aliphatic rings. The molecule has 74 heavy (non-hydrogen) atoms. The molecule has 3 aromatic carbocycles. The van der Waals surface area contributed by atoms with Crippen LogP contribution in [0.1, 0.15) is 89.6 Å². The van der Waals surface area contributed by atoms with Gasteiger partial charge in [0.1, 0.15) is 41.1 Å². The molecule has 0 aromatic heterocycles. The number of piperazine rings is 1. The minimum atomic E-state index is -1.04. The van der Waals surface area contributed by atoms with Gasteiger partial charge >= 0.3 is 0 Å². The number of phenolic OH excluding ortho intramolecular Hbond substituents is 1. The number of rotatable bonds is 16. The van der Waals surface area contributed by atoms with Crippen LogP contribution in [0.5, 0.6) is 5.75 Å². The van der Waals surface area contributed by atoms with Crippen LogP contribution in [0.15, 0.2) is 74.7 Å². The molecule has 20 heteroatoms. The lowest BCUT2D eigenvalue weighted by Crippen LogP contribution is -2.50. The summed E-state index contributed by atoms with van der Waals surface area (Å²) in [5.74, 6) is -0.196. The van der Waals surface area contributed by atoms with Crippen molar-refractivity contribution in [2.24, 2.45) is 15.0 Å². The number of halogens is 2.